The van der Waals surface area contributed by atoms with Gasteiger partial charge in [0.1, 0.15) is 5.82 Å². The molecule has 0 N–H and O–H groups in total. The third kappa shape index (κ3) is 2.75. The van der Waals surface area contributed by atoms with Gasteiger partial charge in [0.2, 0.25) is 0 Å². The van der Waals surface area contributed by atoms with Gasteiger partial charge >= 0.3 is 0 Å². The molecule has 88 valence electrons. The molecule has 0 fully saturated rings. The molecule has 0 spiro atoms. The minimum Gasteiger partial charge on any atom is -0.207 e. The van der Waals surface area contributed by atoms with Crippen LogP contribution in [0.2, 0.25) is 0 Å². The molecule has 0 heterocycles. The van der Waals surface area contributed by atoms with Crippen LogP contribution in [0, 0.1) is 19.7 Å². The van der Waals surface area contributed by atoms with Gasteiger partial charge in [-0.05, 0) is 42.7 Å². The summed E-state index contributed by atoms with van der Waals surface area (Å²) in [7, 11) is 0. The normalized spacial score (nSPS) is 12.5. The van der Waals surface area contributed by atoms with Crippen molar-refractivity contribution >= 4 is 15.9 Å². The second kappa shape index (κ2) is 5.01. The first-order valence-electron chi connectivity index (χ1n) is 5.54. The summed E-state index contributed by atoms with van der Waals surface area (Å²) in [6, 6.07) is 13.0. The van der Waals surface area contributed by atoms with E-state index in [-0.39, 0.29) is 10.6 Å². The van der Waals surface area contributed by atoms with E-state index in [1.54, 1.807) is 12.1 Å². The molecule has 17 heavy (non-hydrogen) atoms. The van der Waals surface area contributed by atoms with E-state index in [0.717, 1.165) is 5.56 Å². The first-order chi connectivity index (χ1) is 8.08. The lowest BCUT2D eigenvalue weighted by atomic mass is 9.99. The molecule has 1 atom stereocenters. The van der Waals surface area contributed by atoms with Gasteiger partial charge in [-0.15, -0.1) is 0 Å². The topological polar surface area (TPSA) is 0 Å². The van der Waals surface area contributed by atoms with Crippen molar-refractivity contribution < 1.29 is 4.39 Å². The molecule has 2 heteroatoms. The van der Waals surface area contributed by atoms with E-state index in [4.69, 9.17) is 0 Å². The van der Waals surface area contributed by atoms with Crippen LogP contribution in [-0.2, 0) is 0 Å². The highest BCUT2D eigenvalue weighted by atomic mass is 79.9. The van der Waals surface area contributed by atoms with Crippen LogP contribution in [0.3, 0.4) is 0 Å². The van der Waals surface area contributed by atoms with Gasteiger partial charge in [-0.1, -0.05) is 51.8 Å². The largest absolute Gasteiger partial charge is 0.207 e. The summed E-state index contributed by atoms with van der Waals surface area (Å²) in [5.74, 6) is -0.197. The average Bonchev–Trinajstić information content (AvgIpc) is 2.28. The zero-order chi connectivity index (χ0) is 12.4. The fraction of sp³-hybridized carbons (Fsp3) is 0.200. The molecule has 2 rings (SSSR count). The lowest BCUT2D eigenvalue weighted by molar-refractivity contribution is 0.626. The summed E-state index contributed by atoms with van der Waals surface area (Å²) in [4.78, 5) is 0.0406. The van der Waals surface area contributed by atoms with E-state index in [1.807, 2.05) is 6.07 Å². The van der Waals surface area contributed by atoms with E-state index in [9.17, 15) is 4.39 Å². The second-order valence-corrected chi connectivity index (χ2v) is 5.19. The van der Waals surface area contributed by atoms with Gasteiger partial charge in [-0.25, -0.2) is 4.39 Å². The fourth-order valence-electron chi connectivity index (χ4n) is 1.95. The highest BCUT2D eigenvalue weighted by molar-refractivity contribution is 9.09. The lowest BCUT2D eigenvalue weighted by Gasteiger charge is -2.14. The van der Waals surface area contributed by atoms with Crippen molar-refractivity contribution in [2.45, 2.75) is 18.7 Å². The van der Waals surface area contributed by atoms with Crippen LogP contribution in [0.25, 0.3) is 0 Å². The molecule has 0 aromatic heterocycles. The maximum atomic E-state index is 13.2. The minimum atomic E-state index is -0.197. The molecule has 2 aromatic carbocycles. The Hall–Kier alpha value is -1.15. The maximum absolute atomic E-state index is 13.2. The first-order valence-corrected chi connectivity index (χ1v) is 6.46. The van der Waals surface area contributed by atoms with Crippen LogP contribution < -0.4 is 0 Å². The van der Waals surface area contributed by atoms with E-state index in [0.29, 0.717) is 0 Å². The first kappa shape index (κ1) is 12.3. The zero-order valence-electron chi connectivity index (χ0n) is 9.87. The number of aryl methyl sites for hydroxylation is 2. The Morgan fingerprint density at radius 3 is 2.47 bits per heavy atom. The Balaban J connectivity index is 2.40. The number of rotatable bonds is 2. The van der Waals surface area contributed by atoms with Crippen LogP contribution in [0.5, 0.6) is 0 Å². The van der Waals surface area contributed by atoms with Gasteiger partial charge in [0.15, 0.2) is 0 Å². The van der Waals surface area contributed by atoms with Crippen LogP contribution in [0.4, 0.5) is 4.39 Å². The molecule has 0 aliphatic carbocycles. The van der Waals surface area contributed by atoms with Gasteiger partial charge in [0.05, 0.1) is 4.83 Å². The summed E-state index contributed by atoms with van der Waals surface area (Å²) >= 11 is 3.64. The molecule has 0 saturated heterocycles. The fourth-order valence-corrected chi connectivity index (χ4v) is 2.75. The zero-order valence-corrected chi connectivity index (χ0v) is 11.5. The van der Waals surface area contributed by atoms with Crippen LogP contribution in [0.15, 0.2) is 42.5 Å². The van der Waals surface area contributed by atoms with E-state index >= 15 is 0 Å². The van der Waals surface area contributed by atoms with Crippen molar-refractivity contribution in [3.8, 4) is 0 Å². The SMILES string of the molecule is Cc1ccc(C(Br)c2cccc(F)c2)c(C)c1. The minimum absolute atomic E-state index is 0.0406. The van der Waals surface area contributed by atoms with Gasteiger partial charge < -0.3 is 0 Å². The molecular weight excluding hydrogens is 279 g/mol. The molecular formula is C15H14BrF. The molecule has 0 bridgehead atoms. The number of alkyl halides is 1. The number of hydrogen-bond donors (Lipinski definition) is 0. The monoisotopic (exact) mass is 292 g/mol. The summed E-state index contributed by atoms with van der Waals surface area (Å²) in [6.07, 6.45) is 0. The smallest absolute Gasteiger partial charge is 0.123 e. The highest BCUT2D eigenvalue weighted by Crippen LogP contribution is 2.33. The summed E-state index contributed by atoms with van der Waals surface area (Å²) in [5, 5.41) is 0. The summed E-state index contributed by atoms with van der Waals surface area (Å²) < 4.78 is 13.2. The Morgan fingerprint density at radius 2 is 1.82 bits per heavy atom. The predicted octanol–water partition coefficient (Wildman–Crippen LogP) is 4.93. The molecule has 0 nitrogen and oxygen atoms in total. The molecule has 0 amide bonds. The van der Waals surface area contributed by atoms with Gasteiger partial charge in [0.25, 0.3) is 0 Å². The van der Waals surface area contributed by atoms with Crippen molar-refractivity contribution in [3.63, 3.8) is 0 Å². The molecule has 0 aliphatic rings. The van der Waals surface area contributed by atoms with E-state index < -0.39 is 0 Å². The second-order valence-electron chi connectivity index (χ2n) is 4.28. The molecule has 0 saturated carbocycles. The van der Waals surface area contributed by atoms with Crippen LogP contribution >= 0.6 is 15.9 Å². The van der Waals surface area contributed by atoms with Crippen molar-refractivity contribution in [2.24, 2.45) is 0 Å². The highest BCUT2D eigenvalue weighted by Gasteiger charge is 2.13. The van der Waals surface area contributed by atoms with Gasteiger partial charge in [-0.2, -0.15) is 0 Å². The predicted molar refractivity (Wildman–Crippen MR) is 73.1 cm³/mol. The van der Waals surface area contributed by atoms with Crippen LogP contribution in [0.1, 0.15) is 27.1 Å². The summed E-state index contributed by atoms with van der Waals surface area (Å²) in [5.41, 5.74) is 4.58. The van der Waals surface area contributed by atoms with Gasteiger partial charge in [0, 0.05) is 0 Å². The van der Waals surface area contributed by atoms with Gasteiger partial charge in [-0.3, -0.25) is 0 Å². The number of halogens is 2. The summed E-state index contributed by atoms with van der Waals surface area (Å²) in [6.45, 7) is 4.15. The molecule has 0 radical (unpaired) electrons. The Bertz CT molecular complexity index is 534. The maximum Gasteiger partial charge on any atom is 0.123 e. The number of hydrogen-bond acceptors (Lipinski definition) is 0. The van der Waals surface area contributed by atoms with E-state index in [2.05, 4.69) is 48.0 Å². The molecule has 0 aliphatic heterocycles. The van der Waals surface area contributed by atoms with Crippen molar-refractivity contribution in [1.29, 1.82) is 0 Å². The van der Waals surface area contributed by atoms with E-state index in [1.165, 1.54) is 22.8 Å². The standard InChI is InChI=1S/C15H14BrF/c1-10-6-7-14(11(2)8-10)15(16)12-4-3-5-13(17)9-12/h3-9,15H,1-2H3. The third-order valence-electron chi connectivity index (χ3n) is 2.84. The van der Waals surface area contributed by atoms with Crippen molar-refractivity contribution in [2.75, 3.05) is 0 Å². The van der Waals surface area contributed by atoms with Crippen molar-refractivity contribution in [3.05, 3.63) is 70.5 Å². The average molecular weight is 293 g/mol. The van der Waals surface area contributed by atoms with Crippen LogP contribution in [-0.4, -0.2) is 0 Å². The Morgan fingerprint density at radius 1 is 1.06 bits per heavy atom. The molecule has 1 unspecified atom stereocenters. The quantitative estimate of drug-likeness (QED) is 0.689. The molecule has 2 aromatic rings. The lowest BCUT2D eigenvalue weighted by Crippen LogP contribution is -1.96. The Kier molecular flexibility index (Phi) is 3.63. The number of benzene rings is 2. The third-order valence-corrected chi connectivity index (χ3v) is 3.86. The Labute approximate surface area is 110 Å². The van der Waals surface area contributed by atoms with Crippen molar-refractivity contribution in [1.82, 2.24) is 0 Å².